The highest BCUT2D eigenvalue weighted by atomic mass is 16.5. The zero-order valence-corrected chi connectivity index (χ0v) is 21.6. The number of aliphatic hydroxyl groups excluding tert-OH is 2. The van der Waals surface area contributed by atoms with Crippen molar-refractivity contribution in [3.05, 3.63) is 52.0 Å². The maximum atomic E-state index is 13.7. The first-order chi connectivity index (χ1) is 17.7. The molecular weight excluding hydrogens is 498 g/mol. The highest BCUT2D eigenvalue weighted by molar-refractivity contribution is 6.25. The number of aromatic hydroxyl groups is 1. The number of fused-ring (bicyclic) bond motifs is 3. The monoisotopic (exact) mass is 529 g/mol. The van der Waals surface area contributed by atoms with E-state index in [-0.39, 0.29) is 17.9 Å². The molecule has 1 aromatic carbocycles. The first kappa shape index (κ1) is 27.3. The van der Waals surface area contributed by atoms with E-state index in [4.69, 9.17) is 10.5 Å². The lowest BCUT2D eigenvalue weighted by Gasteiger charge is -2.54. The molecule has 6 unspecified atom stereocenters. The van der Waals surface area contributed by atoms with Crippen molar-refractivity contribution in [1.82, 2.24) is 9.80 Å². The Morgan fingerprint density at radius 1 is 1.11 bits per heavy atom. The number of primary amides is 1. The molecule has 38 heavy (non-hydrogen) atoms. The lowest BCUT2D eigenvalue weighted by molar-refractivity contribution is -0.181. The van der Waals surface area contributed by atoms with Crippen LogP contribution in [0.4, 0.5) is 0 Å². The Hall–Kier alpha value is -3.74. The predicted molar refractivity (Wildman–Crippen MR) is 132 cm³/mol. The molecule has 1 aromatic rings. The number of hydrogen-bond acceptors (Lipinski definition) is 11. The molecule has 3 aliphatic rings. The van der Waals surface area contributed by atoms with Crippen LogP contribution in [0, 0.1) is 11.8 Å². The summed E-state index contributed by atoms with van der Waals surface area (Å²) in [7, 11) is 6.24. The fourth-order valence-corrected chi connectivity index (χ4v) is 6.14. The van der Waals surface area contributed by atoms with Crippen LogP contribution in [0.2, 0.25) is 0 Å². The summed E-state index contributed by atoms with van der Waals surface area (Å²) in [5, 5.41) is 45.0. The molecule has 0 spiro atoms. The van der Waals surface area contributed by atoms with Crippen LogP contribution >= 0.6 is 0 Å². The molecule has 0 aromatic heterocycles. The molecular formula is C26H31N3O9. The molecule has 12 heteroatoms. The van der Waals surface area contributed by atoms with Crippen LogP contribution < -0.4 is 5.73 Å². The van der Waals surface area contributed by atoms with Gasteiger partial charge in [-0.15, -0.1) is 0 Å². The molecule has 0 fully saturated rings. The van der Waals surface area contributed by atoms with Crippen molar-refractivity contribution >= 4 is 23.4 Å². The molecule has 0 bridgehead atoms. The third kappa shape index (κ3) is 3.70. The Labute approximate surface area is 218 Å². The van der Waals surface area contributed by atoms with Gasteiger partial charge in [-0.1, -0.05) is 19.1 Å². The number of ether oxygens (including phenoxy) is 1. The summed E-state index contributed by atoms with van der Waals surface area (Å²) in [6, 6.07) is 3.12. The van der Waals surface area contributed by atoms with E-state index in [0.717, 1.165) is 0 Å². The molecule has 0 aliphatic heterocycles. The smallest absolute Gasteiger partial charge is 0.320 e. The van der Waals surface area contributed by atoms with Gasteiger partial charge in [0.1, 0.15) is 28.9 Å². The van der Waals surface area contributed by atoms with Crippen LogP contribution in [0.25, 0.3) is 0 Å². The Morgan fingerprint density at radius 3 is 2.29 bits per heavy atom. The number of carbonyl (C=O) groups is 4. The zero-order chi connectivity index (χ0) is 28.4. The van der Waals surface area contributed by atoms with E-state index in [2.05, 4.69) is 0 Å². The van der Waals surface area contributed by atoms with E-state index in [1.165, 1.54) is 30.0 Å². The summed E-state index contributed by atoms with van der Waals surface area (Å²) in [5.41, 5.74) is 1.34. The Kier molecular flexibility index (Phi) is 6.63. The number of phenolic OH excluding ortho intramolecular Hbond substituents is 1. The van der Waals surface area contributed by atoms with Crippen LogP contribution in [0.3, 0.4) is 0 Å². The molecule has 3 aliphatic carbocycles. The minimum atomic E-state index is -2.96. The molecule has 0 heterocycles. The first-order valence-electron chi connectivity index (χ1n) is 12.0. The SMILES string of the molecule is CC1c2cccc(O)c2C(=O)C2=C(O)C3(O)C(=O)C(C(N)=O)=C(O)C(N(C)C)C3C(OC(=O)CN(C)C)C21. The second-order valence-electron chi connectivity index (χ2n) is 10.5. The number of Topliss-reactive ketones (excluding diaryl/α,β-unsaturated/α-hetero) is 2. The second kappa shape index (κ2) is 9.22. The van der Waals surface area contributed by atoms with Gasteiger partial charge in [0.2, 0.25) is 5.78 Å². The van der Waals surface area contributed by atoms with Crippen molar-refractivity contribution in [3.8, 4) is 5.75 Å². The molecule has 0 saturated heterocycles. The van der Waals surface area contributed by atoms with Gasteiger partial charge in [-0.05, 0) is 45.7 Å². The molecule has 1 amide bonds. The summed E-state index contributed by atoms with van der Waals surface area (Å²) in [6.07, 6.45) is -1.43. The summed E-state index contributed by atoms with van der Waals surface area (Å²) in [5.74, 6) is -9.83. The third-order valence-electron chi connectivity index (χ3n) is 7.68. The van der Waals surface area contributed by atoms with Crippen molar-refractivity contribution < 1.29 is 44.3 Å². The largest absolute Gasteiger partial charge is 0.510 e. The minimum absolute atomic E-state index is 0.126. The quantitative estimate of drug-likeness (QED) is 0.250. The normalized spacial score (nSPS) is 30.8. The van der Waals surface area contributed by atoms with Gasteiger partial charge in [-0.25, -0.2) is 0 Å². The number of benzene rings is 1. The molecule has 0 saturated carbocycles. The summed E-state index contributed by atoms with van der Waals surface area (Å²) >= 11 is 0. The second-order valence-corrected chi connectivity index (χ2v) is 10.5. The summed E-state index contributed by atoms with van der Waals surface area (Å²) in [6.45, 7) is 1.51. The predicted octanol–water partition coefficient (Wildman–Crippen LogP) is -0.235. The number of rotatable bonds is 5. The third-order valence-corrected chi connectivity index (χ3v) is 7.68. The van der Waals surface area contributed by atoms with E-state index in [1.54, 1.807) is 33.2 Å². The number of hydrogen-bond donors (Lipinski definition) is 5. The van der Waals surface area contributed by atoms with Gasteiger partial charge >= 0.3 is 5.97 Å². The Balaban J connectivity index is 2.07. The lowest BCUT2D eigenvalue weighted by atomic mass is 9.55. The van der Waals surface area contributed by atoms with E-state index in [1.807, 2.05) is 0 Å². The average Bonchev–Trinajstić information content (AvgIpc) is 2.80. The highest BCUT2D eigenvalue weighted by Crippen LogP contribution is 2.56. The van der Waals surface area contributed by atoms with E-state index in [9.17, 15) is 39.6 Å². The Morgan fingerprint density at radius 2 is 1.74 bits per heavy atom. The summed E-state index contributed by atoms with van der Waals surface area (Å²) in [4.78, 5) is 55.5. The van der Waals surface area contributed by atoms with Gasteiger partial charge in [-0.2, -0.15) is 0 Å². The van der Waals surface area contributed by atoms with Crippen LogP contribution in [0.1, 0.15) is 28.8 Å². The number of likely N-dealkylation sites (N-methyl/N-ethyl adjacent to an activating group) is 2. The summed E-state index contributed by atoms with van der Waals surface area (Å²) < 4.78 is 5.86. The molecule has 6 N–H and O–H groups in total. The van der Waals surface area contributed by atoms with E-state index >= 15 is 0 Å². The van der Waals surface area contributed by atoms with Crippen molar-refractivity contribution in [2.24, 2.45) is 17.6 Å². The molecule has 6 atom stereocenters. The number of esters is 1. The van der Waals surface area contributed by atoms with Crippen LogP contribution in [0.15, 0.2) is 40.9 Å². The van der Waals surface area contributed by atoms with Crippen molar-refractivity contribution in [1.29, 1.82) is 0 Å². The fourth-order valence-electron chi connectivity index (χ4n) is 6.14. The topological polar surface area (TPSA) is 191 Å². The number of nitrogens with two attached hydrogens (primary N) is 1. The Bertz CT molecular complexity index is 1310. The maximum Gasteiger partial charge on any atom is 0.320 e. The van der Waals surface area contributed by atoms with Crippen molar-refractivity contribution in [2.45, 2.75) is 30.6 Å². The van der Waals surface area contributed by atoms with Gasteiger partial charge in [0.15, 0.2) is 11.4 Å². The van der Waals surface area contributed by atoms with Crippen LogP contribution in [-0.4, -0.2) is 106 Å². The van der Waals surface area contributed by atoms with Gasteiger partial charge in [0, 0.05) is 11.5 Å². The number of ketones is 2. The number of carbonyl (C=O) groups excluding carboxylic acids is 4. The minimum Gasteiger partial charge on any atom is -0.510 e. The molecule has 4 rings (SSSR count). The van der Waals surface area contributed by atoms with Crippen molar-refractivity contribution in [2.75, 3.05) is 34.7 Å². The molecule has 0 radical (unpaired) electrons. The highest BCUT2D eigenvalue weighted by Gasteiger charge is 2.68. The van der Waals surface area contributed by atoms with Crippen molar-refractivity contribution in [3.63, 3.8) is 0 Å². The van der Waals surface area contributed by atoms with Gasteiger partial charge < -0.3 is 30.9 Å². The number of nitrogens with zero attached hydrogens (tertiary/aromatic N) is 2. The lowest BCUT2D eigenvalue weighted by Crippen LogP contribution is -2.69. The number of aliphatic hydroxyl groups is 3. The van der Waals surface area contributed by atoms with Gasteiger partial charge in [-0.3, -0.25) is 29.0 Å². The van der Waals surface area contributed by atoms with E-state index in [0.29, 0.717) is 5.56 Å². The van der Waals surface area contributed by atoms with E-state index < -0.39 is 81.6 Å². The van der Waals surface area contributed by atoms with Gasteiger partial charge in [0.25, 0.3) is 5.91 Å². The zero-order valence-electron chi connectivity index (χ0n) is 21.6. The molecule has 204 valence electrons. The number of amides is 1. The standard InChI is InChI=1S/C26H31N3O9/c1-10-11-7-6-8-12(30)15(11)20(32)16-14(10)22(38-13(31)9-28(2)3)18-19(29(4)5)21(33)17(25(27)36)24(35)26(18,37)23(16)34/h6-8,10,14,18-19,22,30,33-34,37H,9H2,1-5H3,(H2,27,36). The first-order valence-corrected chi connectivity index (χ1v) is 12.0. The maximum absolute atomic E-state index is 13.7. The molecule has 12 nitrogen and oxygen atoms in total. The fraction of sp³-hybridized carbons (Fsp3) is 0.462. The van der Waals surface area contributed by atoms with Crippen LogP contribution in [-0.2, 0) is 19.1 Å². The van der Waals surface area contributed by atoms with Gasteiger partial charge in [0.05, 0.1) is 24.1 Å². The van der Waals surface area contributed by atoms with Crippen LogP contribution in [0.5, 0.6) is 5.75 Å². The average molecular weight is 530 g/mol. The number of phenols is 1.